The van der Waals surface area contributed by atoms with Gasteiger partial charge >= 0.3 is 0 Å². The second-order valence-corrected chi connectivity index (χ2v) is 5.26. The minimum atomic E-state index is 0.201. The number of rotatable bonds is 3. The molecule has 1 fully saturated rings. The van der Waals surface area contributed by atoms with Gasteiger partial charge in [-0.15, -0.1) is 0 Å². The molecule has 0 aliphatic heterocycles. The Labute approximate surface area is 102 Å². The zero-order chi connectivity index (χ0) is 11.1. The lowest BCUT2D eigenvalue weighted by Crippen LogP contribution is -2.25. The summed E-state index contributed by atoms with van der Waals surface area (Å²) < 4.78 is 6.66. The molecule has 0 radical (unpaired) electrons. The summed E-state index contributed by atoms with van der Waals surface area (Å²) in [5.41, 5.74) is 7.77. The Bertz CT molecular complexity index is 519. The monoisotopic (exact) mass is 280 g/mol. The highest BCUT2D eigenvalue weighted by molar-refractivity contribution is 9.10. The minimum Gasteiger partial charge on any atom is -0.439 e. The molecule has 16 heavy (non-hydrogen) atoms. The number of halogens is 1. The first-order valence-electron chi connectivity index (χ1n) is 5.53. The Balaban J connectivity index is 1.89. The number of nitrogens with zero attached hydrogens (tertiary/aromatic N) is 1. The van der Waals surface area contributed by atoms with E-state index in [1.165, 1.54) is 12.8 Å². The van der Waals surface area contributed by atoms with Crippen molar-refractivity contribution in [3.05, 3.63) is 28.6 Å². The van der Waals surface area contributed by atoms with Gasteiger partial charge in [-0.2, -0.15) is 0 Å². The van der Waals surface area contributed by atoms with Gasteiger partial charge in [-0.1, -0.05) is 6.07 Å². The normalized spacial score (nSPS) is 17.9. The first kappa shape index (κ1) is 10.3. The molecular weight excluding hydrogens is 268 g/mol. The molecule has 0 bridgehead atoms. The smallest absolute Gasteiger partial charge is 0.197 e. The molecule has 1 unspecified atom stereocenters. The standard InChI is InChI=1S/C12H13BrN2O/c13-8-2-1-3-10-12(8)16-11(15-10)6-9(14)7-4-5-7/h1-3,7,9H,4-6,14H2. The Morgan fingerprint density at radius 2 is 2.31 bits per heavy atom. The summed E-state index contributed by atoms with van der Waals surface area (Å²) >= 11 is 3.45. The van der Waals surface area contributed by atoms with E-state index in [4.69, 9.17) is 10.2 Å². The predicted molar refractivity (Wildman–Crippen MR) is 66.1 cm³/mol. The molecular formula is C12H13BrN2O. The van der Waals surface area contributed by atoms with Crippen LogP contribution in [0.1, 0.15) is 18.7 Å². The topological polar surface area (TPSA) is 52.0 Å². The van der Waals surface area contributed by atoms with Crippen molar-refractivity contribution in [2.24, 2.45) is 11.7 Å². The molecule has 1 saturated carbocycles. The number of hydrogen-bond acceptors (Lipinski definition) is 3. The molecule has 4 heteroatoms. The number of fused-ring (bicyclic) bond motifs is 1. The molecule has 1 heterocycles. The lowest BCUT2D eigenvalue weighted by molar-refractivity contribution is 0.474. The van der Waals surface area contributed by atoms with Crippen LogP contribution < -0.4 is 5.73 Å². The third-order valence-corrected chi connectivity index (χ3v) is 3.67. The summed E-state index contributed by atoms with van der Waals surface area (Å²) in [6.07, 6.45) is 3.25. The Morgan fingerprint density at radius 1 is 1.50 bits per heavy atom. The van der Waals surface area contributed by atoms with Gasteiger partial charge in [0.05, 0.1) is 4.47 Å². The van der Waals surface area contributed by atoms with E-state index >= 15 is 0 Å². The summed E-state index contributed by atoms with van der Waals surface area (Å²) in [6, 6.07) is 6.07. The van der Waals surface area contributed by atoms with E-state index in [-0.39, 0.29) is 6.04 Å². The molecule has 84 valence electrons. The first-order chi connectivity index (χ1) is 7.74. The highest BCUT2D eigenvalue weighted by atomic mass is 79.9. The van der Waals surface area contributed by atoms with E-state index in [2.05, 4.69) is 20.9 Å². The Kier molecular flexibility index (Phi) is 2.48. The largest absolute Gasteiger partial charge is 0.439 e. The molecule has 2 N–H and O–H groups in total. The van der Waals surface area contributed by atoms with E-state index in [1.807, 2.05) is 18.2 Å². The SMILES string of the molecule is NC(Cc1nc2cccc(Br)c2o1)C1CC1. The highest BCUT2D eigenvalue weighted by Crippen LogP contribution is 2.33. The fourth-order valence-corrected chi connectivity index (χ4v) is 2.38. The number of oxazole rings is 1. The van der Waals surface area contributed by atoms with Crippen molar-refractivity contribution in [1.82, 2.24) is 4.98 Å². The van der Waals surface area contributed by atoms with Crippen molar-refractivity contribution in [1.29, 1.82) is 0 Å². The Hall–Kier alpha value is -0.870. The molecule has 0 amide bonds. The number of nitrogens with two attached hydrogens (primary N) is 1. The lowest BCUT2D eigenvalue weighted by atomic mass is 10.1. The van der Waals surface area contributed by atoms with Crippen molar-refractivity contribution in [3.8, 4) is 0 Å². The third-order valence-electron chi connectivity index (χ3n) is 3.05. The fraction of sp³-hybridized carbons (Fsp3) is 0.417. The molecule has 3 rings (SSSR count). The number of para-hydroxylation sites is 1. The number of hydrogen-bond donors (Lipinski definition) is 1. The third kappa shape index (κ3) is 1.87. The summed E-state index contributed by atoms with van der Waals surface area (Å²) in [5, 5.41) is 0. The molecule has 2 aromatic rings. The molecule has 1 aromatic heterocycles. The maximum Gasteiger partial charge on any atom is 0.197 e. The molecule has 3 nitrogen and oxygen atoms in total. The average Bonchev–Trinajstić information content (AvgIpc) is 3.01. The van der Waals surface area contributed by atoms with Crippen LogP contribution in [0.2, 0.25) is 0 Å². The van der Waals surface area contributed by atoms with Gasteiger partial charge in [-0.25, -0.2) is 4.98 Å². The van der Waals surface area contributed by atoms with Crippen LogP contribution in [0.5, 0.6) is 0 Å². The van der Waals surface area contributed by atoms with Gasteiger partial charge in [0.1, 0.15) is 5.52 Å². The van der Waals surface area contributed by atoms with Crippen LogP contribution >= 0.6 is 15.9 Å². The lowest BCUT2D eigenvalue weighted by Gasteiger charge is -2.05. The van der Waals surface area contributed by atoms with Crippen LogP contribution in [-0.2, 0) is 6.42 Å². The molecule has 0 saturated heterocycles. The number of aromatic nitrogens is 1. The second kappa shape index (κ2) is 3.86. The van der Waals surface area contributed by atoms with Gasteiger partial charge in [-0.3, -0.25) is 0 Å². The van der Waals surface area contributed by atoms with E-state index < -0.39 is 0 Å². The van der Waals surface area contributed by atoms with Gasteiger partial charge in [0.15, 0.2) is 11.5 Å². The van der Waals surface area contributed by atoms with E-state index in [9.17, 15) is 0 Å². The second-order valence-electron chi connectivity index (χ2n) is 4.40. The van der Waals surface area contributed by atoms with Crippen LogP contribution in [-0.4, -0.2) is 11.0 Å². The van der Waals surface area contributed by atoms with Crippen molar-refractivity contribution in [2.45, 2.75) is 25.3 Å². The maximum absolute atomic E-state index is 6.06. The van der Waals surface area contributed by atoms with Gasteiger partial charge in [0.25, 0.3) is 0 Å². The molecule has 1 atom stereocenters. The van der Waals surface area contributed by atoms with Gasteiger partial charge in [0, 0.05) is 12.5 Å². The van der Waals surface area contributed by atoms with Crippen LogP contribution in [0.25, 0.3) is 11.1 Å². The predicted octanol–water partition coefficient (Wildman–Crippen LogP) is 2.87. The molecule has 1 aromatic carbocycles. The first-order valence-corrected chi connectivity index (χ1v) is 6.33. The summed E-state index contributed by atoms with van der Waals surface area (Å²) in [7, 11) is 0. The Morgan fingerprint density at radius 3 is 3.00 bits per heavy atom. The summed E-state index contributed by atoms with van der Waals surface area (Å²) in [5.74, 6) is 1.43. The molecule has 0 spiro atoms. The summed E-state index contributed by atoms with van der Waals surface area (Å²) in [6.45, 7) is 0. The van der Waals surface area contributed by atoms with Crippen LogP contribution in [0.3, 0.4) is 0 Å². The zero-order valence-electron chi connectivity index (χ0n) is 8.82. The highest BCUT2D eigenvalue weighted by Gasteiger charge is 2.29. The van der Waals surface area contributed by atoms with Crippen molar-refractivity contribution in [3.63, 3.8) is 0 Å². The molecule has 1 aliphatic rings. The van der Waals surface area contributed by atoms with Gasteiger partial charge < -0.3 is 10.2 Å². The minimum absolute atomic E-state index is 0.201. The fourth-order valence-electron chi connectivity index (χ4n) is 1.94. The average molecular weight is 281 g/mol. The maximum atomic E-state index is 6.06. The van der Waals surface area contributed by atoms with E-state index in [1.54, 1.807) is 0 Å². The quantitative estimate of drug-likeness (QED) is 0.941. The zero-order valence-corrected chi connectivity index (χ0v) is 10.4. The van der Waals surface area contributed by atoms with Crippen molar-refractivity contribution in [2.75, 3.05) is 0 Å². The van der Waals surface area contributed by atoms with Crippen molar-refractivity contribution < 1.29 is 4.42 Å². The van der Waals surface area contributed by atoms with Gasteiger partial charge in [-0.05, 0) is 46.8 Å². The summed E-state index contributed by atoms with van der Waals surface area (Å²) in [4.78, 5) is 4.45. The van der Waals surface area contributed by atoms with Crippen LogP contribution in [0.15, 0.2) is 27.1 Å². The van der Waals surface area contributed by atoms with Gasteiger partial charge in [0.2, 0.25) is 0 Å². The van der Waals surface area contributed by atoms with E-state index in [0.29, 0.717) is 5.92 Å². The molecule has 1 aliphatic carbocycles. The van der Waals surface area contributed by atoms with E-state index in [0.717, 1.165) is 27.9 Å². The van der Waals surface area contributed by atoms with Crippen LogP contribution in [0, 0.1) is 5.92 Å². The van der Waals surface area contributed by atoms with Crippen molar-refractivity contribution >= 4 is 27.0 Å². The number of benzene rings is 1. The van der Waals surface area contributed by atoms with Crippen LogP contribution in [0.4, 0.5) is 0 Å².